The van der Waals surface area contributed by atoms with Crippen molar-refractivity contribution in [2.45, 2.75) is 76.4 Å². The number of benzene rings is 1. The zero-order valence-electron chi connectivity index (χ0n) is 18.0. The van der Waals surface area contributed by atoms with Crippen molar-refractivity contribution in [2.24, 2.45) is 11.3 Å². The van der Waals surface area contributed by atoms with Gasteiger partial charge in [-0.05, 0) is 48.1 Å². The normalized spacial score (nSPS) is 26.0. The number of ether oxygens (including phenoxy) is 1. The van der Waals surface area contributed by atoms with Gasteiger partial charge in [-0.25, -0.2) is 0 Å². The SMILES string of the molecule is COC(=O)CCCC=CC[C@@H]1[C@@H](c2ccc(C(O)C(C)(C)C)cc2)[C@H](O)C[C@H]1Cl. The molecule has 2 N–H and O–H groups in total. The molecule has 1 aromatic rings. The lowest BCUT2D eigenvalue weighted by atomic mass is 9.82. The van der Waals surface area contributed by atoms with E-state index < -0.39 is 12.2 Å². The molecule has 0 spiro atoms. The molecule has 4 nitrogen and oxygen atoms in total. The lowest BCUT2D eigenvalue weighted by Gasteiger charge is -2.27. The summed E-state index contributed by atoms with van der Waals surface area (Å²) in [6.07, 6.45) is 6.58. The van der Waals surface area contributed by atoms with Crippen molar-refractivity contribution in [2.75, 3.05) is 7.11 Å². The summed E-state index contributed by atoms with van der Waals surface area (Å²) in [5.41, 5.74) is 1.73. The van der Waals surface area contributed by atoms with Gasteiger partial charge < -0.3 is 14.9 Å². The van der Waals surface area contributed by atoms with Crippen molar-refractivity contribution in [3.05, 3.63) is 47.5 Å². The highest BCUT2D eigenvalue weighted by atomic mass is 35.5. The Kier molecular flexibility index (Phi) is 8.74. The maximum absolute atomic E-state index is 11.1. The second-order valence-electron chi connectivity index (χ2n) is 9.12. The Morgan fingerprint density at radius 2 is 1.93 bits per heavy atom. The van der Waals surface area contributed by atoms with Crippen LogP contribution in [0.25, 0.3) is 0 Å². The number of hydrogen-bond acceptors (Lipinski definition) is 4. The Bertz CT molecular complexity index is 677. The number of carbonyl (C=O) groups excluding carboxylic acids is 1. The zero-order valence-corrected chi connectivity index (χ0v) is 18.7. The van der Waals surface area contributed by atoms with Crippen LogP contribution in [-0.2, 0) is 9.53 Å². The Morgan fingerprint density at radius 3 is 2.52 bits per heavy atom. The molecule has 1 aromatic carbocycles. The molecule has 1 saturated carbocycles. The van der Waals surface area contributed by atoms with E-state index >= 15 is 0 Å². The average molecular weight is 423 g/mol. The summed E-state index contributed by atoms with van der Waals surface area (Å²) < 4.78 is 4.64. The minimum absolute atomic E-state index is 0.0157. The fourth-order valence-electron chi connectivity index (χ4n) is 4.06. The molecule has 5 atom stereocenters. The monoisotopic (exact) mass is 422 g/mol. The number of carbonyl (C=O) groups is 1. The molecular weight excluding hydrogens is 388 g/mol. The first-order valence-electron chi connectivity index (χ1n) is 10.5. The van der Waals surface area contributed by atoms with Crippen molar-refractivity contribution >= 4 is 17.6 Å². The van der Waals surface area contributed by atoms with Crippen molar-refractivity contribution < 1.29 is 19.7 Å². The number of rotatable bonds is 8. The molecule has 0 bridgehead atoms. The highest BCUT2D eigenvalue weighted by Crippen LogP contribution is 2.45. The molecule has 5 heteroatoms. The van der Waals surface area contributed by atoms with Gasteiger partial charge in [0.1, 0.15) is 0 Å². The van der Waals surface area contributed by atoms with Crippen molar-refractivity contribution in [1.29, 1.82) is 0 Å². The molecular formula is C24H35ClO4. The molecule has 0 heterocycles. The Hall–Kier alpha value is -1.36. The predicted octanol–water partition coefficient (Wildman–Crippen LogP) is 5.13. The summed E-state index contributed by atoms with van der Waals surface area (Å²) in [5.74, 6) is -0.0433. The molecule has 0 amide bonds. The van der Waals surface area contributed by atoms with Crippen molar-refractivity contribution in [3.63, 3.8) is 0 Å². The quantitative estimate of drug-likeness (QED) is 0.264. The lowest BCUT2D eigenvalue weighted by Crippen LogP contribution is -2.20. The maximum Gasteiger partial charge on any atom is 0.305 e. The van der Waals surface area contributed by atoms with Gasteiger partial charge in [0.05, 0.1) is 19.3 Å². The molecule has 162 valence electrons. The topological polar surface area (TPSA) is 66.8 Å². The van der Waals surface area contributed by atoms with Crippen LogP contribution in [0.2, 0.25) is 0 Å². The van der Waals surface area contributed by atoms with E-state index in [0.29, 0.717) is 12.8 Å². The third kappa shape index (κ3) is 6.56. The van der Waals surface area contributed by atoms with Crippen LogP contribution in [0.15, 0.2) is 36.4 Å². The highest BCUT2D eigenvalue weighted by Gasteiger charge is 2.41. The molecule has 0 radical (unpaired) electrons. The average Bonchev–Trinajstić information content (AvgIpc) is 2.96. The summed E-state index contributed by atoms with van der Waals surface area (Å²) in [5, 5.41) is 21.0. The molecule has 2 rings (SSSR count). The first-order chi connectivity index (χ1) is 13.6. The largest absolute Gasteiger partial charge is 0.469 e. The van der Waals surface area contributed by atoms with Gasteiger partial charge in [-0.15, -0.1) is 11.6 Å². The van der Waals surface area contributed by atoms with Crippen LogP contribution in [0.3, 0.4) is 0 Å². The standard InChI is InChI=1S/C24H35ClO4/c1-24(2,3)23(28)17-13-11-16(12-14-17)22-18(19(25)15-20(22)26)9-7-5-6-8-10-21(27)29-4/h5,7,11-14,18-20,22-23,26,28H,6,8-10,15H2,1-4H3/t18-,19+,20+,22+,23?/m0/s1. The first-order valence-corrected chi connectivity index (χ1v) is 10.9. The Labute approximate surface area is 179 Å². The third-order valence-electron chi connectivity index (χ3n) is 5.82. The van der Waals surface area contributed by atoms with Crippen LogP contribution < -0.4 is 0 Å². The van der Waals surface area contributed by atoms with Gasteiger partial charge >= 0.3 is 5.97 Å². The Morgan fingerprint density at radius 1 is 1.28 bits per heavy atom. The summed E-state index contributed by atoms with van der Waals surface area (Å²) in [7, 11) is 1.40. The van der Waals surface area contributed by atoms with Gasteiger partial charge in [0.25, 0.3) is 0 Å². The van der Waals surface area contributed by atoms with E-state index in [0.717, 1.165) is 30.4 Å². The van der Waals surface area contributed by atoms with E-state index in [-0.39, 0.29) is 28.6 Å². The molecule has 1 fully saturated rings. The van der Waals surface area contributed by atoms with E-state index in [4.69, 9.17) is 11.6 Å². The van der Waals surface area contributed by atoms with Crippen LogP contribution in [0.1, 0.15) is 76.0 Å². The minimum atomic E-state index is -0.533. The molecule has 29 heavy (non-hydrogen) atoms. The number of hydrogen-bond donors (Lipinski definition) is 2. The third-order valence-corrected chi connectivity index (χ3v) is 6.32. The maximum atomic E-state index is 11.1. The molecule has 0 aliphatic heterocycles. The fraction of sp³-hybridized carbons (Fsp3) is 0.625. The Balaban J connectivity index is 2.01. The molecule has 1 aliphatic rings. The number of halogens is 1. The van der Waals surface area contributed by atoms with Gasteiger partial charge in [0.2, 0.25) is 0 Å². The number of alkyl halides is 1. The van der Waals surface area contributed by atoms with Crippen LogP contribution in [0.5, 0.6) is 0 Å². The van der Waals surface area contributed by atoms with E-state index in [1.807, 2.05) is 45.0 Å². The second kappa shape index (κ2) is 10.6. The van der Waals surface area contributed by atoms with E-state index in [9.17, 15) is 15.0 Å². The van der Waals surface area contributed by atoms with Crippen LogP contribution in [0.4, 0.5) is 0 Å². The van der Waals surface area contributed by atoms with E-state index in [1.54, 1.807) is 0 Å². The smallest absolute Gasteiger partial charge is 0.305 e. The number of aliphatic hydroxyl groups excluding tert-OH is 2. The van der Waals surface area contributed by atoms with Gasteiger partial charge in [-0.1, -0.05) is 57.2 Å². The number of allylic oxidation sites excluding steroid dienone is 2. The highest BCUT2D eigenvalue weighted by molar-refractivity contribution is 6.21. The van der Waals surface area contributed by atoms with Gasteiger partial charge in [-0.3, -0.25) is 4.79 Å². The summed E-state index contributed by atoms with van der Waals surface area (Å²) in [6.45, 7) is 6.04. The molecule has 1 unspecified atom stereocenters. The van der Waals surface area contributed by atoms with Gasteiger partial charge in [-0.2, -0.15) is 0 Å². The van der Waals surface area contributed by atoms with Crippen molar-refractivity contribution in [3.8, 4) is 0 Å². The molecule has 1 aliphatic carbocycles. The predicted molar refractivity (Wildman–Crippen MR) is 117 cm³/mol. The first kappa shape index (κ1) is 23.9. The second-order valence-corrected chi connectivity index (χ2v) is 9.68. The summed E-state index contributed by atoms with van der Waals surface area (Å²) in [6, 6.07) is 7.94. The number of esters is 1. The minimum Gasteiger partial charge on any atom is -0.469 e. The van der Waals surface area contributed by atoms with E-state index in [1.165, 1.54) is 7.11 Å². The summed E-state index contributed by atoms with van der Waals surface area (Å²) >= 11 is 6.56. The van der Waals surface area contributed by atoms with Crippen molar-refractivity contribution in [1.82, 2.24) is 0 Å². The lowest BCUT2D eigenvalue weighted by molar-refractivity contribution is -0.140. The van der Waals surface area contributed by atoms with Crippen LogP contribution in [0, 0.1) is 11.3 Å². The number of aliphatic hydroxyl groups is 2. The molecule has 0 saturated heterocycles. The zero-order chi connectivity index (χ0) is 21.6. The van der Waals surface area contributed by atoms with Gasteiger partial charge in [0, 0.05) is 17.7 Å². The van der Waals surface area contributed by atoms with Crippen LogP contribution in [-0.4, -0.2) is 34.8 Å². The van der Waals surface area contributed by atoms with Crippen LogP contribution >= 0.6 is 11.6 Å². The molecule has 0 aromatic heterocycles. The van der Waals surface area contributed by atoms with E-state index in [2.05, 4.69) is 16.9 Å². The summed E-state index contributed by atoms with van der Waals surface area (Å²) in [4.78, 5) is 11.1. The number of unbranched alkanes of at least 4 members (excludes halogenated alkanes) is 1. The number of methoxy groups -OCH3 is 1. The fourth-order valence-corrected chi connectivity index (χ4v) is 4.51. The van der Waals surface area contributed by atoms with Gasteiger partial charge in [0.15, 0.2) is 0 Å².